The summed E-state index contributed by atoms with van der Waals surface area (Å²) in [6, 6.07) is 3.48. The van der Waals surface area contributed by atoms with Crippen LogP contribution in [-0.2, 0) is 6.18 Å². The molecule has 1 atom stereocenters. The molecular formula is C14H14BrF3N2O. The van der Waals surface area contributed by atoms with Gasteiger partial charge in [-0.2, -0.15) is 13.2 Å². The van der Waals surface area contributed by atoms with Crippen LogP contribution < -0.4 is 5.32 Å². The molecule has 0 amide bonds. The monoisotopic (exact) mass is 362 g/mol. The van der Waals surface area contributed by atoms with Crippen LogP contribution in [0.4, 0.5) is 18.9 Å². The molecule has 1 unspecified atom stereocenters. The summed E-state index contributed by atoms with van der Waals surface area (Å²) in [6.07, 6.45) is -4.42. The van der Waals surface area contributed by atoms with Gasteiger partial charge in [-0.1, -0.05) is 21.1 Å². The van der Waals surface area contributed by atoms with E-state index >= 15 is 0 Å². The fourth-order valence-electron chi connectivity index (χ4n) is 2.30. The molecule has 0 saturated carbocycles. The second-order valence-corrected chi connectivity index (χ2v) is 5.71. The number of benzene rings is 1. The van der Waals surface area contributed by atoms with Gasteiger partial charge in [0.15, 0.2) is 0 Å². The lowest BCUT2D eigenvalue weighted by Gasteiger charge is -2.19. The first-order chi connectivity index (χ1) is 9.70. The standard InChI is InChI=1S/C14H14BrF3N2O/c1-7(13-8(2)20-21-9(13)3)19-12-6-10(15)4-5-11(12)14(16,17)18/h4-7,19H,1-3H3. The van der Waals surface area contributed by atoms with Gasteiger partial charge in [-0.15, -0.1) is 0 Å². The minimum atomic E-state index is -4.42. The molecule has 0 aliphatic carbocycles. The summed E-state index contributed by atoms with van der Waals surface area (Å²) in [4.78, 5) is 0. The lowest BCUT2D eigenvalue weighted by molar-refractivity contribution is -0.137. The highest BCUT2D eigenvalue weighted by Gasteiger charge is 2.34. The highest BCUT2D eigenvalue weighted by molar-refractivity contribution is 9.10. The maximum atomic E-state index is 13.0. The number of alkyl halides is 3. The highest BCUT2D eigenvalue weighted by atomic mass is 79.9. The summed E-state index contributed by atoms with van der Waals surface area (Å²) < 4.78 is 44.8. The fourth-order valence-corrected chi connectivity index (χ4v) is 2.66. The molecule has 2 rings (SSSR count). The van der Waals surface area contributed by atoms with Crippen molar-refractivity contribution in [2.75, 3.05) is 5.32 Å². The number of hydrogen-bond acceptors (Lipinski definition) is 3. The Morgan fingerprint density at radius 3 is 2.48 bits per heavy atom. The average molecular weight is 363 g/mol. The van der Waals surface area contributed by atoms with Crippen LogP contribution in [0.5, 0.6) is 0 Å². The summed E-state index contributed by atoms with van der Waals surface area (Å²) >= 11 is 3.19. The van der Waals surface area contributed by atoms with Gasteiger partial charge in [-0.05, 0) is 39.0 Å². The molecule has 0 radical (unpaired) electrons. The predicted octanol–water partition coefficient (Wildman–Crippen LogP) is 5.25. The summed E-state index contributed by atoms with van der Waals surface area (Å²) in [5.41, 5.74) is 0.743. The molecule has 0 aliphatic rings. The van der Waals surface area contributed by atoms with Crippen LogP contribution in [0.25, 0.3) is 0 Å². The van der Waals surface area contributed by atoms with Crippen molar-refractivity contribution in [3.05, 3.63) is 45.3 Å². The Hall–Kier alpha value is -1.50. The first-order valence-corrected chi connectivity index (χ1v) is 7.05. The zero-order chi connectivity index (χ0) is 15.8. The Labute approximate surface area is 128 Å². The second kappa shape index (κ2) is 5.71. The molecule has 1 N–H and O–H groups in total. The van der Waals surface area contributed by atoms with E-state index in [2.05, 4.69) is 26.4 Å². The Bertz CT molecular complexity index is 633. The maximum Gasteiger partial charge on any atom is 0.418 e. The van der Waals surface area contributed by atoms with Gasteiger partial charge in [-0.3, -0.25) is 0 Å². The van der Waals surface area contributed by atoms with Crippen molar-refractivity contribution >= 4 is 21.6 Å². The van der Waals surface area contributed by atoms with Crippen molar-refractivity contribution in [3.63, 3.8) is 0 Å². The molecule has 0 saturated heterocycles. The topological polar surface area (TPSA) is 38.1 Å². The van der Waals surface area contributed by atoms with Gasteiger partial charge in [0.2, 0.25) is 0 Å². The first kappa shape index (κ1) is 15.9. The fraction of sp³-hybridized carbons (Fsp3) is 0.357. The van der Waals surface area contributed by atoms with E-state index in [9.17, 15) is 13.2 Å². The molecule has 7 heteroatoms. The van der Waals surface area contributed by atoms with E-state index in [0.29, 0.717) is 15.9 Å². The normalized spacial score (nSPS) is 13.3. The molecular weight excluding hydrogens is 349 g/mol. The number of nitrogens with zero attached hydrogens (tertiary/aromatic N) is 1. The van der Waals surface area contributed by atoms with Gasteiger partial charge in [0.1, 0.15) is 5.76 Å². The molecule has 2 aromatic rings. The third kappa shape index (κ3) is 3.40. The Kier molecular flexibility index (Phi) is 4.32. The van der Waals surface area contributed by atoms with Crippen LogP contribution in [0.1, 0.15) is 35.5 Å². The van der Waals surface area contributed by atoms with Crippen molar-refractivity contribution in [1.29, 1.82) is 0 Å². The summed E-state index contributed by atoms with van der Waals surface area (Å²) in [6.45, 7) is 5.27. The van der Waals surface area contributed by atoms with Gasteiger partial charge in [0.25, 0.3) is 0 Å². The number of hydrogen-bond donors (Lipinski definition) is 1. The maximum absolute atomic E-state index is 13.0. The number of halogens is 4. The molecule has 114 valence electrons. The number of anilines is 1. The molecule has 1 heterocycles. The third-order valence-corrected chi connectivity index (χ3v) is 3.67. The zero-order valence-corrected chi connectivity index (χ0v) is 13.3. The summed E-state index contributed by atoms with van der Waals surface area (Å²) in [7, 11) is 0. The smallest absolute Gasteiger partial charge is 0.378 e. The van der Waals surface area contributed by atoms with Gasteiger partial charge in [0.05, 0.1) is 17.3 Å². The van der Waals surface area contributed by atoms with Crippen LogP contribution >= 0.6 is 15.9 Å². The molecule has 1 aromatic heterocycles. The average Bonchev–Trinajstić information content (AvgIpc) is 2.67. The Balaban J connectivity index is 2.37. The largest absolute Gasteiger partial charge is 0.418 e. The molecule has 0 spiro atoms. The summed E-state index contributed by atoms with van der Waals surface area (Å²) in [5, 5.41) is 6.71. The van der Waals surface area contributed by atoms with E-state index in [-0.39, 0.29) is 11.7 Å². The first-order valence-electron chi connectivity index (χ1n) is 6.26. The third-order valence-electron chi connectivity index (χ3n) is 3.18. The molecule has 21 heavy (non-hydrogen) atoms. The van der Waals surface area contributed by atoms with Gasteiger partial charge >= 0.3 is 6.18 Å². The molecule has 0 bridgehead atoms. The lowest BCUT2D eigenvalue weighted by Crippen LogP contribution is -2.14. The van der Waals surface area contributed by atoms with E-state index in [1.165, 1.54) is 12.1 Å². The van der Waals surface area contributed by atoms with Gasteiger partial charge < -0.3 is 9.84 Å². The Morgan fingerprint density at radius 2 is 1.95 bits per heavy atom. The second-order valence-electron chi connectivity index (χ2n) is 4.79. The van der Waals surface area contributed by atoms with E-state index in [0.717, 1.165) is 11.6 Å². The quantitative estimate of drug-likeness (QED) is 0.810. The van der Waals surface area contributed by atoms with Crippen LogP contribution in [0.3, 0.4) is 0 Å². The summed E-state index contributed by atoms with van der Waals surface area (Å²) in [5.74, 6) is 0.594. The molecule has 0 fully saturated rings. The van der Waals surface area contributed by atoms with Crippen LogP contribution in [0, 0.1) is 13.8 Å². The molecule has 1 aromatic carbocycles. The van der Waals surface area contributed by atoms with Crippen molar-refractivity contribution in [2.24, 2.45) is 0 Å². The van der Waals surface area contributed by atoms with E-state index < -0.39 is 11.7 Å². The minimum absolute atomic E-state index is 0.0179. The number of aryl methyl sites for hydroxylation is 2. The molecule has 3 nitrogen and oxygen atoms in total. The number of nitrogens with one attached hydrogen (secondary N) is 1. The molecule has 0 aliphatic heterocycles. The highest BCUT2D eigenvalue weighted by Crippen LogP contribution is 2.38. The van der Waals surface area contributed by atoms with Crippen molar-refractivity contribution in [1.82, 2.24) is 5.16 Å². The van der Waals surface area contributed by atoms with E-state index in [4.69, 9.17) is 4.52 Å². The zero-order valence-electron chi connectivity index (χ0n) is 11.7. The van der Waals surface area contributed by atoms with Crippen molar-refractivity contribution < 1.29 is 17.7 Å². The van der Waals surface area contributed by atoms with Crippen molar-refractivity contribution in [3.8, 4) is 0 Å². The van der Waals surface area contributed by atoms with E-state index in [1.54, 1.807) is 20.8 Å². The minimum Gasteiger partial charge on any atom is -0.378 e. The van der Waals surface area contributed by atoms with Crippen LogP contribution in [0.15, 0.2) is 27.2 Å². The number of aromatic nitrogens is 1. The van der Waals surface area contributed by atoms with Gasteiger partial charge in [0, 0.05) is 15.7 Å². The lowest BCUT2D eigenvalue weighted by atomic mass is 10.1. The van der Waals surface area contributed by atoms with Crippen LogP contribution in [-0.4, -0.2) is 5.16 Å². The van der Waals surface area contributed by atoms with Gasteiger partial charge in [-0.25, -0.2) is 0 Å². The van der Waals surface area contributed by atoms with E-state index in [1.807, 2.05) is 0 Å². The van der Waals surface area contributed by atoms with Crippen LogP contribution in [0.2, 0.25) is 0 Å². The predicted molar refractivity (Wildman–Crippen MR) is 77.2 cm³/mol. The Morgan fingerprint density at radius 1 is 1.29 bits per heavy atom. The SMILES string of the molecule is Cc1noc(C)c1C(C)Nc1cc(Br)ccc1C(F)(F)F. The number of rotatable bonds is 3. The van der Waals surface area contributed by atoms with Crippen molar-refractivity contribution in [2.45, 2.75) is 33.0 Å².